The van der Waals surface area contributed by atoms with Crippen LogP contribution in [-0.4, -0.2) is 22.9 Å². The quantitative estimate of drug-likeness (QED) is 0.495. The monoisotopic (exact) mass is 452 g/mol. The number of rotatable bonds is 4. The molecule has 6 heteroatoms. The molecule has 27 heavy (non-hydrogen) atoms. The third-order valence-electron chi connectivity index (χ3n) is 3.83. The summed E-state index contributed by atoms with van der Waals surface area (Å²) < 4.78 is 27.2. The first-order valence-corrected chi connectivity index (χ1v) is 9.68. The van der Waals surface area contributed by atoms with Gasteiger partial charge < -0.3 is 4.90 Å². The Morgan fingerprint density at radius 1 is 1.19 bits per heavy atom. The number of aromatic nitrogens is 1. The first kappa shape index (κ1) is 21.3. The largest absolute Gasteiger partial charge is 0.334 e. The molecule has 0 spiro atoms. The zero-order valence-corrected chi connectivity index (χ0v) is 17.4. The summed E-state index contributed by atoms with van der Waals surface area (Å²) in [6.45, 7) is 7.47. The molecule has 0 unspecified atom stereocenters. The first-order chi connectivity index (χ1) is 13.0. The van der Waals surface area contributed by atoms with Crippen LogP contribution in [0.1, 0.15) is 25.0 Å². The summed E-state index contributed by atoms with van der Waals surface area (Å²) >= 11 is 9.76. The third-order valence-corrected chi connectivity index (χ3v) is 4.82. The maximum Gasteiger partial charge on any atom is 0.256 e. The highest BCUT2D eigenvalue weighted by molar-refractivity contribution is 9.12. The smallest absolute Gasteiger partial charge is 0.256 e. The van der Waals surface area contributed by atoms with Gasteiger partial charge in [0, 0.05) is 33.7 Å². The van der Waals surface area contributed by atoms with Crippen molar-refractivity contribution in [2.24, 2.45) is 0 Å². The molecule has 0 N–H and O–H groups in total. The topological polar surface area (TPSA) is 16.1 Å². The Morgan fingerprint density at radius 3 is 2.44 bits per heavy atom. The van der Waals surface area contributed by atoms with Gasteiger partial charge in [0.1, 0.15) is 0 Å². The number of benzene rings is 1. The van der Waals surface area contributed by atoms with E-state index < -0.39 is 13.0 Å². The van der Waals surface area contributed by atoms with Gasteiger partial charge in [0.15, 0.2) is 0 Å². The second kappa shape index (κ2) is 9.81. The lowest BCUT2D eigenvalue weighted by Gasteiger charge is -2.34. The highest BCUT2D eigenvalue weighted by Crippen LogP contribution is 2.42. The summed E-state index contributed by atoms with van der Waals surface area (Å²) in [5, 5.41) is 0.393. The van der Waals surface area contributed by atoms with E-state index in [-0.39, 0.29) is 0 Å². The molecule has 0 fully saturated rings. The van der Waals surface area contributed by atoms with Crippen LogP contribution in [0.5, 0.6) is 0 Å². The van der Waals surface area contributed by atoms with E-state index in [1.807, 2.05) is 50.3 Å². The molecule has 0 aliphatic carbocycles. The normalized spacial score (nSPS) is 14.1. The number of allylic oxidation sites excluding steroid dienone is 3. The van der Waals surface area contributed by atoms with Crippen molar-refractivity contribution in [3.8, 4) is 0 Å². The van der Waals surface area contributed by atoms with Crippen molar-refractivity contribution in [2.45, 2.75) is 20.3 Å². The van der Waals surface area contributed by atoms with E-state index in [0.717, 1.165) is 11.1 Å². The van der Waals surface area contributed by atoms with Gasteiger partial charge in [-0.15, -0.1) is 0 Å². The van der Waals surface area contributed by atoms with Crippen molar-refractivity contribution in [3.05, 3.63) is 87.8 Å². The molecule has 0 atom stereocenters. The minimum absolute atomic E-state index is 0.393. The standard InChI is InChI=1S/C19H14BrClF2N2.C2H6/c1-12-16(20)9-15(13-5-3-2-4-6-13)19(25(12)11-18(22)23)14-7-8-24-10-17(14)21;1-2/h2-10,18H,1,11H2;1-2H3. The maximum absolute atomic E-state index is 13.3. The van der Waals surface area contributed by atoms with Crippen molar-refractivity contribution < 1.29 is 8.78 Å². The fraction of sp³-hybridized carbons (Fsp3) is 0.190. The molecule has 1 aliphatic rings. The van der Waals surface area contributed by atoms with Crippen molar-refractivity contribution >= 4 is 38.8 Å². The van der Waals surface area contributed by atoms with Crippen LogP contribution >= 0.6 is 27.5 Å². The van der Waals surface area contributed by atoms with Crippen LogP contribution in [0.15, 0.2) is 71.6 Å². The van der Waals surface area contributed by atoms with E-state index in [0.29, 0.717) is 26.5 Å². The molecule has 2 nitrogen and oxygen atoms in total. The van der Waals surface area contributed by atoms with E-state index >= 15 is 0 Å². The number of halogens is 4. The van der Waals surface area contributed by atoms with Gasteiger partial charge in [0.05, 0.1) is 17.3 Å². The lowest BCUT2D eigenvalue weighted by Crippen LogP contribution is -2.29. The fourth-order valence-corrected chi connectivity index (χ4v) is 3.37. The predicted octanol–water partition coefficient (Wildman–Crippen LogP) is 7.00. The summed E-state index contributed by atoms with van der Waals surface area (Å²) in [4.78, 5) is 5.49. The number of nitrogens with zero attached hydrogens (tertiary/aromatic N) is 2. The van der Waals surface area contributed by atoms with E-state index in [2.05, 4.69) is 27.5 Å². The number of hydrogen-bond acceptors (Lipinski definition) is 2. The van der Waals surface area contributed by atoms with Gasteiger partial charge in [-0.25, -0.2) is 8.78 Å². The van der Waals surface area contributed by atoms with Crippen LogP contribution in [-0.2, 0) is 0 Å². The highest BCUT2D eigenvalue weighted by Gasteiger charge is 2.28. The van der Waals surface area contributed by atoms with E-state index in [1.165, 1.54) is 11.1 Å². The van der Waals surface area contributed by atoms with Crippen molar-refractivity contribution in [1.29, 1.82) is 0 Å². The first-order valence-electron chi connectivity index (χ1n) is 8.50. The average molecular weight is 454 g/mol. The van der Waals surface area contributed by atoms with Crippen molar-refractivity contribution in [1.82, 2.24) is 9.88 Å². The predicted molar refractivity (Wildman–Crippen MR) is 113 cm³/mol. The van der Waals surface area contributed by atoms with Crippen molar-refractivity contribution in [2.75, 3.05) is 6.54 Å². The van der Waals surface area contributed by atoms with Gasteiger partial charge in [-0.05, 0) is 33.6 Å². The molecule has 0 amide bonds. The lowest BCUT2D eigenvalue weighted by molar-refractivity contribution is 0.123. The summed E-state index contributed by atoms with van der Waals surface area (Å²) in [6, 6.07) is 11.3. The molecule has 1 aliphatic heterocycles. The SMILES string of the molecule is C=C1C(Br)=CC(c2ccccc2)=C(c2ccncc2Cl)N1CC(F)F.CC. The van der Waals surface area contributed by atoms with E-state index in [1.54, 1.807) is 12.3 Å². The number of alkyl halides is 2. The molecule has 3 rings (SSSR count). The van der Waals surface area contributed by atoms with Crippen LogP contribution in [0.3, 0.4) is 0 Å². The van der Waals surface area contributed by atoms with E-state index in [4.69, 9.17) is 11.6 Å². The fourth-order valence-electron chi connectivity index (χ4n) is 2.72. The molecular formula is C21H20BrClF2N2. The molecule has 2 heterocycles. The highest BCUT2D eigenvalue weighted by atomic mass is 79.9. The van der Waals surface area contributed by atoms with Crippen LogP contribution in [0.2, 0.25) is 5.02 Å². The average Bonchev–Trinajstić information content (AvgIpc) is 2.68. The van der Waals surface area contributed by atoms with Gasteiger partial charge in [-0.2, -0.15) is 0 Å². The van der Waals surface area contributed by atoms with Crippen LogP contribution < -0.4 is 0 Å². The zero-order chi connectivity index (χ0) is 20.0. The van der Waals surface area contributed by atoms with Crippen molar-refractivity contribution in [3.63, 3.8) is 0 Å². The molecule has 0 saturated heterocycles. The molecular weight excluding hydrogens is 434 g/mol. The molecule has 0 saturated carbocycles. The second-order valence-corrected chi connectivity index (χ2v) is 6.69. The molecule has 0 bridgehead atoms. The number of hydrogen-bond donors (Lipinski definition) is 0. The molecule has 0 radical (unpaired) electrons. The lowest BCUT2D eigenvalue weighted by atomic mass is 9.95. The Bertz CT molecular complexity index is 863. The van der Waals surface area contributed by atoms with Gasteiger partial charge >= 0.3 is 0 Å². The Kier molecular flexibility index (Phi) is 7.75. The summed E-state index contributed by atoms with van der Waals surface area (Å²) in [5.41, 5.74) is 3.37. The van der Waals surface area contributed by atoms with Crippen LogP contribution in [0, 0.1) is 0 Å². The minimum Gasteiger partial charge on any atom is -0.334 e. The Hall–Kier alpha value is -1.98. The third kappa shape index (κ3) is 4.85. The van der Waals surface area contributed by atoms with Crippen LogP contribution in [0.25, 0.3) is 11.3 Å². The molecule has 142 valence electrons. The minimum atomic E-state index is -2.53. The summed E-state index contributed by atoms with van der Waals surface area (Å²) in [6.07, 6.45) is 2.45. The van der Waals surface area contributed by atoms with Crippen LogP contribution in [0.4, 0.5) is 8.78 Å². The molecule has 1 aromatic heterocycles. The summed E-state index contributed by atoms with van der Waals surface area (Å²) in [7, 11) is 0. The summed E-state index contributed by atoms with van der Waals surface area (Å²) in [5.74, 6) is 0. The Balaban J connectivity index is 0.00000126. The Morgan fingerprint density at radius 2 is 1.85 bits per heavy atom. The maximum atomic E-state index is 13.3. The van der Waals surface area contributed by atoms with E-state index in [9.17, 15) is 8.78 Å². The second-order valence-electron chi connectivity index (χ2n) is 5.42. The number of pyridine rings is 1. The van der Waals surface area contributed by atoms with Gasteiger partial charge in [0.2, 0.25) is 0 Å². The Labute approximate surface area is 172 Å². The molecule has 1 aromatic carbocycles. The molecule has 2 aromatic rings. The van der Waals surface area contributed by atoms with Gasteiger partial charge in [-0.3, -0.25) is 4.98 Å². The van der Waals surface area contributed by atoms with Gasteiger partial charge in [-0.1, -0.05) is 62.4 Å². The zero-order valence-electron chi connectivity index (χ0n) is 15.1. The van der Waals surface area contributed by atoms with Gasteiger partial charge in [0.25, 0.3) is 6.43 Å².